The fourth-order valence-corrected chi connectivity index (χ4v) is 9.87. The molecule has 0 aromatic heterocycles. The van der Waals surface area contributed by atoms with E-state index in [9.17, 15) is 0 Å². The molecule has 0 radical (unpaired) electrons. The molecule has 0 amide bonds. The predicted molar refractivity (Wildman–Crippen MR) is 144 cm³/mol. The number of halogens is 2. The third kappa shape index (κ3) is 4.10. The van der Waals surface area contributed by atoms with Gasteiger partial charge in [0.25, 0.3) is 0 Å². The van der Waals surface area contributed by atoms with Crippen LogP contribution in [0, 0.1) is 0 Å². The molecule has 2 aliphatic carbocycles. The topological polar surface area (TPSA) is 0 Å². The number of hydrogen-bond donors (Lipinski definition) is 0. The minimum atomic E-state index is -0.314. The fraction of sp³-hybridized carbons (Fsp3) is 0.176. The van der Waals surface area contributed by atoms with Crippen LogP contribution in [0.5, 0.6) is 0 Å². The van der Waals surface area contributed by atoms with E-state index in [4.69, 9.17) is 0 Å². The number of rotatable bonds is 2. The van der Waals surface area contributed by atoms with Crippen LogP contribution in [0.3, 0.4) is 0 Å². The van der Waals surface area contributed by atoms with E-state index in [1.54, 1.807) is 44.5 Å². The Balaban J connectivity index is 0.00000140. The summed E-state index contributed by atoms with van der Waals surface area (Å²) in [4.78, 5) is 0. The normalized spacial score (nSPS) is 18.8. The molecular formula is C34H28Cl2Ti. The zero-order chi connectivity index (χ0) is 23.5. The fourth-order valence-electron chi connectivity index (χ4n) is 6.71. The average molecular weight is 555 g/mol. The molecule has 4 aromatic rings. The van der Waals surface area contributed by atoms with Crippen molar-refractivity contribution in [1.29, 1.82) is 0 Å². The third-order valence-corrected chi connectivity index (χ3v) is 11.7. The number of fused-ring (bicyclic) bond motifs is 8. The molecule has 0 spiro atoms. The second-order valence-corrected chi connectivity index (χ2v) is 12.5. The van der Waals surface area contributed by atoms with Crippen LogP contribution in [0.1, 0.15) is 57.4 Å². The number of hydrogen-bond acceptors (Lipinski definition) is 0. The van der Waals surface area contributed by atoms with Crippen LogP contribution in [0.25, 0.3) is 33.4 Å². The van der Waals surface area contributed by atoms with Gasteiger partial charge in [0.2, 0.25) is 0 Å². The monoisotopic (exact) mass is 554 g/mol. The van der Waals surface area contributed by atoms with E-state index < -0.39 is 0 Å². The molecule has 0 nitrogen and oxygen atoms in total. The second-order valence-electron chi connectivity index (χ2n) is 10.1. The largest absolute Gasteiger partial charge is 1.00 e. The van der Waals surface area contributed by atoms with E-state index in [1.807, 2.05) is 0 Å². The molecule has 0 N–H and O–H groups in total. The summed E-state index contributed by atoms with van der Waals surface area (Å²) < 4.78 is 1.24. The maximum atomic E-state index is 2.44. The minimum Gasteiger partial charge on any atom is -1.00 e. The van der Waals surface area contributed by atoms with Crippen LogP contribution in [-0.2, 0) is 19.2 Å². The van der Waals surface area contributed by atoms with E-state index in [0.717, 1.165) is 12.8 Å². The van der Waals surface area contributed by atoms with Gasteiger partial charge in [-0.2, -0.15) is 0 Å². The molecule has 2 unspecified atom stereocenters. The standard InChI is InChI=1S/C34H28.2ClH.Ti/c1-23-21-27-15-9-17-31(25-11-5-3-6-12-25)33(27)29(23)19-20-30-24(2)22-28-16-10-18-32(34(28)30)26-13-7-4-8-14-26;;;/h3-18,21-22H,19-20H2,1-2H3;2*1H;/q;;;+2/p-2. The molecule has 4 bridgehead atoms. The molecule has 3 aliphatic rings. The average Bonchev–Trinajstić information content (AvgIpc) is 3.34. The molecule has 0 fully saturated rings. The van der Waals surface area contributed by atoms with Gasteiger partial charge in [-0.3, -0.25) is 0 Å². The van der Waals surface area contributed by atoms with Crippen LogP contribution in [-0.4, -0.2) is 0 Å². The molecular weight excluding hydrogens is 527 g/mol. The van der Waals surface area contributed by atoms with E-state index >= 15 is 0 Å². The first-order valence-corrected chi connectivity index (χ1v) is 14.6. The van der Waals surface area contributed by atoms with Crippen molar-refractivity contribution in [3.63, 3.8) is 0 Å². The number of allylic oxidation sites excluding steroid dienone is 4. The number of benzene rings is 4. The molecule has 1 aliphatic heterocycles. The van der Waals surface area contributed by atoms with Crippen molar-refractivity contribution in [2.45, 2.75) is 35.1 Å². The Morgan fingerprint density at radius 2 is 0.919 bits per heavy atom. The summed E-state index contributed by atoms with van der Waals surface area (Å²) in [7, 11) is 0. The van der Waals surface area contributed by atoms with Gasteiger partial charge in [-0.15, -0.1) is 0 Å². The van der Waals surface area contributed by atoms with Crippen molar-refractivity contribution in [2.24, 2.45) is 0 Å². The summed E-state index contributed by atoms with van der Waals surface area (Å²) in [5.74, 6) is 0. The summed E-state index contributed by atoms with van der Waals surface area (Å²) in [6.45, 7) is 4.89. The van der Waals surface area contributed by atoms with E-state index in [-0.39, 0.29) is 44.0 Å². The summed E-state index contributed by atoms with van der Waals surface area (Å²) in [6, 6.07) is 36.2. The van der Waals surface area contributed by atoms with Gasteiger partial charge in [0, 0.05) is 0 Å². The van der Waals surface area contributed by atoms with Gasteiger partial charge in [-0.1, -0.05) is 0 Å². The molecule has 2 atom stereocenters. The Morgan fingerprint density at radius 3 is 1.32 bits per heavy atom. The van der Waals surface area contributed by atoms with Crippen LogP contribution in [0.2, 0.25) is 0 Å². The zero-order valence-corrected chi connectivity index (χ0v) is 24.1. The van der Waals surface area contributed by atoms with Crippen LogP contribution >= 0.6 is 0 Å². The third-order valence-electron chi connectivity index (χ3n) is 8.36. The van der Waals surface area contributed by atoms with Crippen molar-refractivity contribution < 1.29 is 44.0 Å². The van der Waals surface area contributed by atoms with E-state index in [0.29, 0.717) is 8.45 Å². The summed E-state index contributed by atoms with van der Waals surface area (Å²) in [5, 5.41) is 0. The first-order valence-electron chi connectivity index (χ1n) is 12.7. The van der Waals surface area contributed by atoms with Gasteiger partial charge < -0.3 is 24.8 Å². The molecule has 7 rings (SSSR count). The maximum Gasteiger partial charge on any atom is -1.00 e. The smallest absolute Gasteiger partial charge is 1.00 e. The van der Waals surface area contributed by atoms with Crippen LogP contribution in [0.15, 0.2) is 108 Å². The van der Waals surface area contributed by atoms with Crippen molar-refractivity contribution in [2.75, 3.05) is 0 Å². The molecule has 182 valence electrons. The molecule has 3 heteroatoms. The predicted octanol–water partition coefficient (Wildman–Crippen LogP) is 3.26. The second kappa shape index (κ2) is 10.4. The van der Waals surface area contributed by atoms with Gasteiger partial charge in [-0.25, -0.2) is 0 Å². The van der Waals surface area contributed by atoms with Crippen molar-refractivity contribution in [3.05, 3.63) is 130 Å². The van der Waals surface area contributed by atoms with Gasteiger partial charge in [-0.05, 0) is 0 Å². The summed E-state index contributed by atoms with van der Waals surface area (Å²) >= 11 is -0.314. The molecule has 37 heavy (non-hydrogen) atoms. The van der Waals surface area contributed by atoms with Crippen molar-refractivity contribution >= 4 is 11.1 Å². The molecule has 4 aromatic carbocycles. The zero-order valence-electron chi connectivity index (χ0n) is 21.1. The molecule has 0 saturated heterocycles. The van der Waals surface area contributed by atoms with E-state index in [1.165, 1.54) is 22.3 Å². The van der Waals surface area contributed by atoms with E-state index in [2.05, 4.69) is 111 Å². The van der Waals surface area contributed by atoms with Crippen LogP contribution in [0.4, 0.5) is 0 Å². The van der Waals surface area contributed by atoms with Crippen molar-refractivity contribution in [3.8, 4) is 22.3 Å². The first-order chi connectivity index (χ1) is 17.2. The molecule has 1 heterocycles. The van der Waals surface area contributed by atoms with Gasteiger partial charge in [0.05, 0.1) is 0 Å². The van der Waals surface area contributed by atoms with Crippen LogP contribution < -0.4 is 24.8 Å². The van der Waals surface area contributed by atoms with Gasteiger partial charge in [0.1, 0.15) is 0 Å². The SMILES string of the molecule is CC1=C2CCC3=C(C)[CH]([Ti+2][CH]1c1cccc(-c4ccccc4)c12)c1cccc(-c2ccccc2)c13.[Cl-].[Cl-]. The summed E-state index contributed by atoms with van der Waals surface area (Å²) in [5.41, 5.74) is 18.4. The first kappa shape index (κ1) is 26.3. The Kier molecular flexibility index (Phi) is 7.41. The Bertz CT molecular complexity index is 1420. The Morgan fingerprint density at radius 1 is 0.514 bits per heavy atom. The Hall–Kier alpha value is -2.35. The van der Waals surface area contributed by atoms with Crippen molar-refractivity contribution in [1.82, 2.24) is 0 Å². The van der Waals surface area contributed by atoms with Gasteiger partial charge >= 0.3 is 218 Å². The molecule has 0 saturated carbocycles. The van der Waals surface area contributed by atoms with Gasteiger partial charge in [0.15, 0.2) is 0 Å². The maximum absolute atomic E-state index is 2.44. The quantitative estimate of drug-likeness (QED) is 0.334. The Labute approximate surface area is 241 Å². The minimum absolute atomic E-state index is 0. The summed E-state index contributed by atoms with van der Waals surface area (Å²) in [6.07, 6.45) is 2.26.